The van der Waals surface area contributed by atoms with Gasteiger partial charge in [-0.05, 0) is 6.07 Å². The molecule has 2 N–H and O–H groups in total. The molecule has 1 heterocycles. The number of benzene rings is 1. The summed E-state index contributed by atoms with van der Waals surface area (Å²) >= 11 is 0. The second-order valence-corrected chi connectivity index (χ2v) is 3.10. The number of hydrogen-bond acceptors (Lipinski definition) is 3. The van der Waals surface area contributed by atoms with Crippen molar-refractivity contribution in [1.82, 2.24) is 4.98 Å². The summed E-state index contributed by atoms with van der Waals surface area (Å²) in [5.41, 5.74) is 8.32. The summed E-state index contributed by atoms with van der Waals surface area (Å²) in [7, 11) is 0. The molecule has 0 atom stereocenters. The Bertz CT molecular complexity index is 512. The Labute approximate surface area is 87.8 Å². The maximum atomic E-state index is 8.83. The van der Waals surface area contributed by atoms with E-state index in [4.69, 9.17) is 11.0 Å². The van der Waals surface area contributed by atoms with Gasteiger partial charge in [0.25, 0.3) is 0 Å². The summed E-state index contributed by atoms with van der Waals surface area (Å²) in [5.74, 6) is 0. The SMILES string of the molecule is N#Cc1ccnc(-c2ccccc2)c1N. The number of nitriles is 1. The van der Waals surface area contributed by atoms with Crippen molar-refractivity contribution in [1.29, 1.82) is 5.26 Å². The minimum absolute atomic E-state index is 0.436. The summed E-state index contributed by atoms with van der Waals surface area (Å²) in [5, 5.41) is 8.83. The zero-order chi connectivity index (χ0) is 10.7. The van der Waals surface area contributed by atoms with Crippen molar-refractivity contribution in [3.63, 3.8) is 0 Å². The third-order valence-electron chi connectivity index (χ3n) is 2.16. The van der Waals surface area contributed by atoms with Gasteiger partial charge in [0.1, 0.15) is 6.07 Å². The molecule has 2 aromatic rings. The highest BCUT2D eigenvalue weighted by Gasteiger charge is 2.06. The second-order valence-electron chi connectivity index (χ2n) is 3.10. The number of pyridine rings is 1. The Balaban J connectivity index is 2.61. The first-order valence-electron chi connectivity index (χ1n) is 4.53. The van der Waals surface area contributed by atoms with E-state index in [2.05, 4.69) is 4.98 Å². The molecule has 0 aliphatic carbocycles. The Morgan fingerprint density at radius 3 is 2.53 bits per heavy atom. The Kier molecular flexibility index (Phi) is 2.34. The zero-order valence-corrected chi connectivity index (χ0v) is 8.01. The fourth-order valence-corrected chi connectivity index (χ4v) is 1.40. The van der Waals surface area contributed by atoms with Crippen LogP contribution in [-0.4, -0.2) is 4.98 Å². The first-order valence-corrected chi connectivity index (χ1v) is 4.53. The number of nitrogens with zero attached hydrogens (tertiary/aromatic N) is 2. The van der Waals surface area contributed by atoms with Crippen LogP contribution in [-0.2, 0) is 0 Å². The van der Waals surface area contributed by atoms with Gasteiger partial charge in [-0.2, -0.15) is 5.26 Å². The molecule has 0 bridgehead atoms. The van der Waals surface area contributed by atoms with Crippen LogP contribution >= 0.6 is 0 Å². The van der Waals surface area contributed by atoms with Crippen molar-refractivity contribution in [3.05, 3.63) is 48.2 Å². The lowest BCUT2D eigenvalue weighted by atomic mass is 10.1. The van der Waals surface area contributed by atoms with Crippen molar-refractivity contribution in [2.75, 3.05) is 5.73 Å². The number of nitrogen functional groups attached to an aromatic ring is 1. The van der Waals surface area contributed by atoms with Gasteiger partial charge in [0.15, 0.2) is 0 Å². The van der Waals surface area contributed by atoms with E-state index in [0.29, 0.717) is 16.9 Å². The van der Waals surface area contributed by atoms with Gasteiger partial charge in [-0.15, -0.1) is 0 Å². The lowest BCUT2D eigenvalue weighted by Crippen LogP contribution is -1.96. The van der Waals surface area contributed by atoms with E-state index in [-0.39, 0.29) is 0 Å². The maximum Gasteiger partial charge on any atom is 0.101 e. The van der Waals surface area contributed by atoms with E-state index < -0.39 is 0 Å². The van der Waals surface area contributed by atoms with E-state index in [1.807, 2.05) is 36.4 Å². The Morgan fingerprint density at radius 2 is 1.87 bits per heavy atom. The molecule has 0 spiro atoms. The van der Waals surface area contributed by atoms with E-state index >= 15 is 0 Å². The minimum Gasteiger partial charge on any atom is -0.396 e. The summed E-state index contributed by atoms with van der Waals surface area (Å²) in [6, 6.07) is 13.2. The minimum atomic E-state index is 0.436. The third-order valence-corrected chi connectivity index (χ3v) is 2.16. The van der Waals surface area contributed by atoms with Crippen molar-refractivity contribution < 1.29 is 0 Å². The normalized spacial score (nSPS) is 9.53. The molecule has 15 heavy (non-hydrogen) atoms. The lowest BCUT2D eigenvalue weighted by Gasteiger charge is -2.05. The molecule has 1 aromatic heterocycles. The van der Waals surface area contributed by atoms with Crippen LogP contribution in [0.2, 0.25) is 0 Å². The number of anilines is 1. The number of hydrogen-bond donors (Lipinski definition) is 1. The van der Waals surface area contributed by atoms with E-state index in [9.17, 15) is 0 Å². The summed E-state index contributed by atoms with van der Waals surface area (Å²) in [6.07, 6.45) is 1.59. The van der Waals surface area contributed by atoms with Crippen molar-refractivity contribution in [2.24, 2.45) is 0 Å². The van der Waals surface area contributed by atoms with Crippen molar-refractivity contribution in [3.8, 4) is 17.3 Å². The molecule has 0 fully saturated rings. The van der Waals surface area contributed by atoms with Crippen molar-refractivity contribution >= 4 is 5.69 Å². The predicted molar refractivity (Wildman–Crippen MR) is 58.8 cm³/mol. The molecule has 0 unspecified atom stereocenters. The lowest BCUT2D eigenvalue weighted by molar-refractivity contribution is 1.31. The highest BCUT2D eigenvalue weighted by atomic mass is 14.7. The molecular formula is C12H9N3. The fourth-order valence-electron chi connectivity index (χ4n) is 1.40. The second kappa shape index (κ2) is 3.81. The average Bonchev–Trinajstić information content (AvgIpc) is 2.30. The van der Waals surface area contributed by atoms with E-state index in [1.165, 1.54) is 0 Å². The molecule has 0 aliphatic heterocycles. The molecule has 72 valence electrons. The molecule has 1 aromatic carbocycles. The smallest absolute Gasteiger partial charge is 0.101 e. The summed E-state index contributed by atoms with van der Waals surface area (Å²) in [4.78, 5) is 4.18. The molecular weight excluding hydrogens is 186 g/mol. The van der Waals surface area contributed by atoms with Gasteiger partial charge < -0.3 is 5.73 Å². The molecule has 3 heteroatoms. The van der Waals surface area contributed by atoms with Crippen LogP contribution in [0.4, 0.5) is 5.69 Å². The van der Waals surface area contributed by atoms with E-state index in [0.717, 1.165) is 5.56 Å². The monoisotopic (exact) mass is 195 g/mol. The molecule has 0 amide bonds. The van der Waals surface area contributed by atoms with Crippen LogP contribution in [0.25, 0.3) is 11.3 Å². The highest BCUT2D eigenvalue weighted by molar-refractivity contribution is 5.76. The van der Waals surface area contributed by atoms with Gasteiger partial charge in [-0.1, -0.05) is 30.3 Å². The van der Waals surface area contributed by atoms with Crippen LogP contribution in [0.15, 0.2) is 42.6 Å². The van der Waals surface area contributed by atoms with Crippen molar-refractivity contribution in [2.45, 2.75) is 0 Å². The van der Waals surface area contributed by atoms with E-state index in [1.54, 1.807) is 12.3 Å². The van der Waals surface area contributed by atoms with Gasteiger partial charge in [0, 0.05) is 11.8 Å². The van der Waals surface area contributed by atoms with Gasteiger partial charge in [-0.25, -0.2) is 0 Å². The number of aromatic nitrogens is 1. The third kappa shape index (κ3) is 1.65. The molecule has 0 saturated carbocycles. The predicted octanol–water partition coefficient (Wildman–Crippen LogP) is 2.20. The van der Waals surface area contributed by atoms with Crippen LogP contribution < -0.4 is 5.73 Å². The maximum absolute atomic E-state index is 8.83. The Morgan fingerprint density at radius 1 is 1.13 bits per heavy atom. The van der Waals surface area contributed by atoms with Gasteiger partial charge in [-0.3, -0.25) is 4.98 Å². The molecule has 0 radical (unpaired) electrons. The van der Waals surface area contributed by atoms with Gasteiger partial charge in [0.2, 0.25) is 0 Å². The Hall–Kier alpha value is -2.34. The summed E-state index contributed by atoms with van der Waals surface area (Å²) in [6.45, 7) is 0. The van der Waals surface area contributed by atoms with Crippen LogP contribution in [0.5, 0.6) is 0 Å². The average molecular weight is 195 g/mol. The van der Waals surface area contributed by atoms with Crippen LogP contribution in [0.1, 0.15) is 5.56 Å². The number of nitrogens with two attached hydrogens (primary N) is 1. The van der Waals surface area contributed by atoms with Crippen LogP contribution in [0, 0.1) is 11.3 Å². The standard InChI is InChI=1S/C12H9N3/c13-8-10-6-7-15-12(11(10)14)9-4-2-1-3-5-9/h1-7H,14H2. The first kappa shape index (κ1) is 9.22. The molecule has 0 saturated heterocycles. The topological polar surface area (TPSA) is 62.7 Å². The molecule has 2 rings (SSSR count). The molecule has 3 nitrogen and oxygen atoms in total. The largest absolute Gasteiger partial charge is 0.396 e. The van der Waals surface area contributed by atoms with Crippen LogP contribution in [0.3, 0.4) is 0 Å². The van der Waals surface area contributed by atoms with Gasteiger partial charge >= 0.3 is 0 Å². The van der Waals surface area contributed by atoms with Gasteiger partial charge in [0.05, 0.1) is 16.9 Å². The highest BCUT2D eigenvalue weighted by Crippen LogP contribution is 2.25. The summed E-state index contributed by atoms with van der Waals surface area (Å²) < 4.78 is 0. The molecule has 0 aliphatic rings. The quantitative estimate of drug-likeness (QED) is 0.758. The zero-order valence-electron chi connectivity index (χ0n) is 8.01. The first-order chi connectivity index (χ1) is 7.33. The fraction of sp³-hybridized carbons (Fsp3) is 0. The number of rotatable bonds is 1.